The third kappa shape index (κ3) is 2.21. The van der Waals surface area contributed by atoms with E-state index in [0.717, 1.165) is 8.96 Å². The van der Waals surface area contributed by atoms with Crippen molar-refractivity contribution in [3.8, 4) is 0 Å². The van der Waals surface area contributed by atoms with Gasteiger partial charge in [0.1, 0.15) is 8.65 Å². The first kappa shape index (κ1) is 20.2. The number of methoxy groups -OCH3 is 2. The molecule has 1 aromatic rings. The number of carbonyl (C=O) groups is 2. The second-order valence-electron chi connectivity index (χ2n) is 6.83. The van der Waals surface area contributed by atoms with Crippen LogP contribution < -0.4 is 0 Å². The largest absolute Gasteiger partial charge is 0.350 e. The van der Waals surface area contributed by atoms with Gasteiger partial charge in [-0.2, -0.15) is 0 Å². The molecule has 0 saturated heterocycles. The number of carbonyl (C=O) groups excluding carboxylic acids is 2. The Balaban J connectivity index is 1.74. The van der Waals surface area contributed by atoms with Crippen LogP contribution in [0.5, 0.6) is 0 Å². The van der Waals surface area contributed by atoms with E-state index in [1.165, 1.54) is 4.90 Å². The van der Waals surface area contributed by atoms with Crippen molar-refractivity contribution in [2.75, 3.05) is 20.8 Å². The third-order valence-electron chi connectivity index (χ3n) is 5.81. The first-order chi connectivity index (χ1) is 12.7. The number of ether oxygens (including phenoxy) is 2. The zero-order chi connectivity index (χ0) is 19.8. The molecule has 3 aliphatic rings. The van der Waals surface area contributed by atoms with Crippen molar-refractivity contribution in [1.29, 1.82) is 0 Å². The lowest BCUT2D eigenvalue weighted by Gasteiger charge is -2.42. The summed E-state index contributed by atoms with van der Waals surface area (Å²) in [5.41, 5.74) is 0.895. The van der Waals surface area contributed by atoms with E-state index in [1.807, 2.05) is 0 Å². The van der Waals surface area contributed by atoms with Crippen LogP contribution in [0.2, 0.25) is 0 Å². The highest BCUT2D eigenvalue weighted by atomic mass is 79.9. The summed E-state index contributed by atoms with van der Waals surface area (Å²) in [7, 11) is 3.18. The van der Waals surface area contributed by atoms with Gasteiger partial charge in [-0.15, -0.1) is 0 Å². The molecule has 144 valence electrons. The summed E-state index contributed by atoms with van der Waals surface area (Å²) >= 11 is 15.0. The fraction of sp³-hybridized carbons (Fsp3) is 0.444. The summed E-state index contributed by atoms with van der Waals surface area (Å²) < 4.78 is 12.1. The number of amides is 2. The molecule has 9 heteroatoms. The lowest BCUT2D eigenvalue weighted by molar-refractivity contribution is -0.213. The molecule has 0 spiro atoms. The lowest BCUT2D eigenvalue weighted by atomic mass is 9.91. The minimum Gasteiger partial charge on any atom is -0.350 e. The number of halogens is 4. The molecule has 4 rings (SSSR count). The second-order valence-corrected chi connectivity index (χ2v) is 11.0. The first-order valence-electron chi connectivity index (χ1n) is 8.19. The lowest BCUT2D eigenvalue weighted by Crippen LogP contribution is -2.57. The Bertz CT molecular complexity index is 864. The molecule has 1 aromatic carbocycles. The minimum atomic E-state index is -1.05. The highest BCUT2D eigenvalue weighted by molar-refractivity contribution is 9.16. The Morgan fingerprint density at radius 1 is 1.04 bits per heavy atom. The molecular formula is C18H15Br4NO4. The molecule has 0 radical (unpaired) electrons. The summed E-state index contributed by atoms with van der Waals surface area (Å²) in [6.07, 6.45) is 0.600. The van der Waals surface area contributed by atoms with Gasteiger partial charge in [0, 0.05) is 35.6 Å². The summed E-state index contributed by atoms with van der Waals surface area (Å²) in [6.45, 7) is 0.245. The number of imide groups is 1. The van der Waals surface area contributed by atoms with Crippen molar-refractivity contribution >= 4 is 75.5 Å². The summed E-state index contributed by atoms with van der Waals surface area (Å²) in [5.74, 6) is -1.73. The summed E-state index contributed by atoms with van der Waals surface area (Å²) in [4.78, 5) is 26.9. The molecule has 0 aromatic heterocycles. The Kier molecular flexibility index (Phi) is 4.85. The third-order valence-corrected chi connectivity index (χ3v) is 12.3. The zero-order valence-corrected chi connectivity index (χ0v) is 20.7. The number of benzene rings is 1. The van der Waals surface area contributed by atoms with Crippen LogP contribution in [0.1, 0.15) is 27.1 Å². The molecule has 1 saturated carbocycles. The van der Waals surface area contributed by atoms with E-state index < -0.39 is 14.4 Å². The highest BCUT2D eigenvalue weighted by Crippen LogP contribution is 2.73. The smallest absolute Gasteiger partial charge is 0.261 e. The van der Waals surface area contributed by atoms with Gasteiger partial charge in [0.25, 0.3) is 11.8 Å². The molecule has 5 nitrogen and oxygen atoms in total. The number of rotatable bonds is 4. The normalized spacial score (nSPS) is 34.0. The summed E-state index contributed by atoms with van der Waals surface area (Å²) in [5, 5.41) is 0. The molecule has 27 heavy (non-hydrogen) atoms. The first-order valence-corrected chi connectivity index (χ1v) is 11.4. The maximum Gasteiger partial charge on any atom is 0.261 e. The van der Waals surface area contributed by atoms with Crippen molar-refractivity contribution < 1.29 is 19.1 Å². The topological polar surface area (TPSA) is 55.8 Å². The van der Waals surface area contributed by atoms with Crippen LogP contribution in [-0.4, -0.2) is 51.9 Å². The van der Waals surface area contributed by atoms with Gasteiger partial charge in [-0.25, -0.2) is 0 Å². The minimum absolute atomic E-state index is 0.144. The van der Waals surface area contributed by atoms with Crippen molar-refractivity contribution in [1.82, 2.24) is 4.90 Å². The zero-order valence-electron chi connectivity index (χ0n) is 14.4. The molecule has 1 fully saturated rings. The van der Waals surface area contributed by atoms with E-state index in [2.05, 4.69) is 63.7 Å². The molecule has 1 heterocycles. The van der Waals surface area contributed by atoms with Crippen molar-refractivity contribution in [3.63, 3.8) is 0 Å². The van der Waals surface area contributed by atoms with Crippen LogP contribution >= 0.6 is 63.7 Å². The van der Waals surface area contributed by atoms with E-state index in [-0.39, 0.29) is 24.3 Å². The van der Waals surface area contributed by atoms with E-state index in [9.17, 15) is 9.59 Å². The maximum absolute atomic E-state index is 12.8. The van der Waals surface area contributed by atoms with Crippen LogP contribution in [0, 0.1) is 5.92 Å². The Morgan fingerprint density at radius 3 is 2.00 bits per heavy atom. The molecule has 2 bridgehead atoms. The van der Waals surface area contributed by atoms with Gasteiger partial charge in [0.15, 0.2) is 0 Å². The second kappa shape index (κ2) is 6.47. The monoisotopic (exact) mass is 625 g/mol. The average Bonchev–Trinajstić information content (AvgIpc) is 3.07. The van der Waals surface area contributed by atoms with Crippen LogP contribution in [0.15, 0.2) is 33.2 Å². The van der Waals surface area contributed by atoms with E-state index in [1.54, 1.807) is 38.5 Å². The number of hydrogen-bond donors (Lipinski definition) is 0. The maximum atomic E-state index is 12.8. The van der Waals surface area contributed by atoms with Crippen molar-refractivity contribution in [3.05, 3.63) is 44.4 Å². The van der Waals surface area contributed by atoms with E-state index in [4.69, 9.17) is 9.47 Å². The molecule has 2 aliphatic carbocycles. The number of fused-ring (bicyclic) bond motifs is 3. The molecule has 0 N–H and O–H groups in total. The number of alkyl halides is 2. The SMILES string of the molecule is COC1(OC)C2(Br)CC(CN3C(=O)c4ccccc4C3=O)C1(Br)C(Br)=C2Br. The number of nitrogens with zero attached hydrogens (tertiary/aromatic N) is 1. The van der Waals surface area contributed by atoms with Crippen LogP contribution in [0.3, 0.4) is 0 Å². The van der Waals surface area contributed by atoms with E-state index >= 15 is 0 Å². The molecule has 2 amide bonds. The Labute approximate surface area is 190 Å². The van der Waals surface area contributed by atoms with Crippen molar-refractivity contribution in [2.45, 2.75) is 20.9 Å². The fourth-order valence-corrected chi connectivity index (χ4v) is 9.43. The van der Waals surface area contributed by atoms with E-state index in [0.29, 0.717) is 17.5 Å². The Hall–Kier alpha value is -0.0600. The predicted octanol–water partition coefficient (Wildman–Crippen LogP) is 4.57. The van der Waals surface area contributed by atoms with Gasteiger partial charge in [-0.05, 0) is 18.6 Å². The van der Waals surface area contributed by atoms with Gasteiger partial charge in [-0.1, -0.05) is 75.9 Å². The van der Waals surface area contributed by atoms with Gasteiger partial charge in [0.05, 0.1) is 11.1 Å². The van der Waals surface area contributed by atoms with Crippen LogP contribution in [-0.2, 0) is 9.47 Å². The van der Waals surface area contributed by atoms with Gasteiger partial charge < -0.3 is 9.47 Å². The van der Waals surface area contributed by atoms with Gasteiger partial charge in [0.2, 0.25) is 5.79 Å². The standard InChI is InChI=1S/C18H15Br4NO4/c1-26-18(27-2)16(21)7-9(17(18,22)13(20)12(16)19)8-23-14(24)10-5-3-4-6-11(10)15(23)25/h3-6,9H,7-8H2,1-2H3. The average molecular weight is 629 g/mol. The molecule has 3 atom stereocenters. The predicted molar refractivity (Wildman–Crippen MR) is 115 cm³/mol. The molecule has 3 unspecified atom stereocenters. The van der Waals surface area contributed by atoms with Crippen molar-refractivity contribution in [2.24, 2.45) is 5.92 Å². The van der Waals surface area contributed by atoms with Crippen LogP contribution in [0.4, 0.5) is 0 Å². The molecule has 1 aliphatic heterocycles. The van der Waals surface area contributed by atoms with Gasteiger partial charge in [-0.3, -0.25) is 14.5 Å². The van der Waals surface area contributed by atoms with Crippen LogP contribution in [0.25, 0.3) is 0 Å². The molecular weight excluding hydrogens is 614 g/mol. The van der Waals surface area contributed by atoms with Gasteiger partial charge >= 0.3 is 0 Å². The quantitative estimate of drug-likeness (QED) is 0.279. The fourth-order valence-electron chi connectivity index (χ4n) is 4.58. The number of hydrogen-bond acceptors (Lipinski definition) is 4. The highest BCUT2D eigenvalue weighted by Gasteiger charge is 2.79. The summed E-state index contributed by atoms with van der Waals surface area (Å²) in [6, 6.07) is 6.91. The Morgan fingerprint density at radius 2 is 1.56 bits per heavy atom.